The maximum absolute atomic E-state index is 11.5. The van der Waals surface area contributed by atoms with E-state index in [1.54, 1.807) is 37.7 Å². The number of amides is 2. The van der Waals surface area contributed by atoms with Gasteiger partial charge in [0.2, 0.25) is 11.8 Å². The molecule has 6 heteroatoms. The van der Waals surface area contributed by atoms with Gasteiger partial charge in [0.25, 0.3) is 0 Å². The van der Waals surface area contributed by atoms with Gasteiger partial charge in [0, 0.05) is 50.7 Å². The van der Waals surface area contributed by atoms with Crippen molar-refractivity contribution in [1.82, 2.24) is 0 Å². The summed E-state index contributed by atoms with van der Waals surface area (Å²) < 4.78 is 0. The Kier molecular flexibility index (Phi) is 6.37. The Morgan fingerprint density at radius 3 is 1.23 bits per heavy atom. The summed E-state index contributed by atoms with van der Waals surface area (Å²) in [5.74, 6) is -0.0171. The van der Waals surface area contributed by atoms with Crippen molar-refractivity contribution in [3.05, 3.63) is 72.8 Å². The molecule has 2 N–H and O–H groups in total. The molecular weight excluding hydrogens is 376 g/mol. The normalized spacial score (nSPS) is 10.3. The summed E-state index contributed by atoms with van der Waals surface area (Å²) >= 11 is 0. The summed E-state index contributed by atoms with van der Waals surface area (Å²) in [6, 6.07) is 23.3. The highest BCUT2D eigenvalue weighted by Gasteiger charge is 2.08. The standard InChI is InChI=1S/C24H26N4O2/c1-17(29)27(3)21-13-9-19(10-14-21)25-23-7-5-6-8-24(23)26-20-11-15-22(16-12-20)28(4)18(2)30/h5-16,25-26H,1-4H3. The molecule has 0 fully saturated rings. The Hall–Kier alpha value is -3.80. The van der Waals surface area contributed by atoms with E-state index in [1.807, 2.05) is 72.8 Å². The lowest BCUT2D eigenvalue weighted by atomic mass is 10.2. The number of nitrogens with one attached hydrogen (secondary N) is 2. The van der Waals surface area contributed by atoms with Crippen LogP contribution in [0.15, 0.2) is 72.8 Å². The number of rotatable bonds is 6. The van der Waals surface area contributed by atoms with Gasteiger partial charge in [0.15, 0.2) is 0 Å². The Balaban J connectivity index is 1.75. The van der Waals surface area contributed by atoms with Gasteiger partial charge < -0.3 is 20.4 Å². The van der Waals surface area contributed by atoms with E-state index < -0.39 is 0 Å². The molecule has 0 aliphatic carbocycles. The fraction of sp³-hybridized carbons (Fsp3) is 0.167. The van der Waals surface area contributed by atoms with Gasteiger partial charge in [0.1, 0.15) is 0 Å². The molecule has 154 valence electrons. The molecule has 2 amide bonds. The summed E-state index contributed by atoms with van der Waals surface area (Å²) in [6.45, 7) is 3.08. The van der Waals surface area contributed by atoms with Gasteiger partial charge in [-0.25, -0.2) is 0 Å². The van der Waals surface area contributed by atoms with Crippen LogP contribution < -0.4 is 20.4 Å². The molecule has 0 radical (unpaired) electrons. The lowest BCUT2D eigenvalue weighted by Gasteiger charge is -2.18. The third-order valence-electron chi connectivity index (χ3n) is 4.94. The number of para-hydroxylation sites is 2. The first kappa shape index (κ1) is 20.9. The van der Waals surface area contributed by atoms with Crippen molar-refractivity contribution < 1.29 is 9.59 Å². The molecule has 0 bridgehead atoms. The number of hydrogen-bond acceptors (Lipinski definition) is 4. The zero-order chi connectivity index (χ0) is 21.7. The van der Waals surface area contributed by atoms with Crippen molar-refractivity contribution in [3.63, 3.8) is 0 Å². The molecule has 3 aromatic carbocycles. The molecule has 3 rings (SSSR count). The minimum atomic E-state index is -0.00855. The number of carbonyl (C=O) groups is 2. The first-order valence-corrected chi connectivity index (χ1v) is 9.67. The van der Waals surface area contributed by atoms with Gasteiger partial charge in [-0.15, -0.1) is 0 Å². The predicted molar refractivity (Wildman–Crippen MR) is 124 cm³/mol. The van der Waals surface area contributed by atoms with Crippen LogP contribution in [0.3, 0.4) is 0 Å². The van der Waals surface area contributed by atoms with Gasteiger partial charge in [-0.3, -0.25) is 9.59 Å². The highest BCUT2D eigenvalue weighted by molar-refractivity contribution is 5.92. The average molecular weight is 402 g/mol. The van der Waals surface area contributed by atoms with Crippen LogP contribution in [0.4, 0.5) is 34.1 Å². The minimum absolute atomic E-state index is 0.00855. The maximum atomic E-state index is 11.5. The zero-order valence-corrected chi connectivity index (χ0v) is 17.6. The van der Waals surface area contributed by atoms with E-state index in [0.717, 1.165) is 34.1 Å². The van der Waals surface area contributed by atoms with Crippen molar-refractivity contribution in [2.24, 2.45) is 0 Å². The summed E-state index contributed by atoms with van der Waals surface area (Å²) in [7, 11) is 3.51. The van der Waals surface area contributed by atoms with Gasteiger partial charge >= 0.3 is 0 Å². The number of anilines is 6. The molecular formula is C24H26N4O2. The van der Waals surface area contributed by atoms with Crippen LogP contribution in [-0.2, 0) is 9.59 Å². The van der Waals surface area contributed by atoms with Crippen molar-refractivity contribution >= 4 is 45.9 Å². The number of benzene rings is 3. The van der Waals surface area contributed by atoms with Crippen LogP contribution in [0.25, 0.3) is 0 Å². The average Bonchev–Trinajstić information content (AvgIpc) is 2.75. The summed E-state index contributed by atoms with van der Waals surface area (Å²) in [5, 5.41) is 6.83. The quantitative estimate of drug-likeness (QED) is 0.599. The van der Waals surface area contributed by atoms with E-state index in [-0.39, 0.29) is 11.8 Å². The lowest BCUT2D eigenvalue weighted by molar-refractivity contribution is -0.117. The van der Waals surface area contributed by atoms with E-state index >= 15 is 0 Å². The van der Waals surface area contributed by atoms with E-state index in [4.69, 9.17) is 0 Å². The van der Waals surface area contributed by atoms with E-state index in [9.17, 15) is 9.59 Å². The molecule has 0 spiro atoms. The molecule has 0 atom stereocenters. The number of hydrogen-bond donors (Lipinski definition) is 2. The third kappa shape index (κ3) is 4.97. The fourth-order valence-corrected chi connectivity index (χ4v) is 2.91. The molecule has 0 saturated heterocycles. The molecule has 30 heavy (non-hydrogen) atoms. The van der Waals surface area contributed by atoms with Gasteiger partial charge in [-0.05, 0) is 60.7 Å². The highest BCUT2D eigenvalue weighted by atomic mass is 16.2. The van der Waals surface area contributed by atoms with Gasteiger partial charge in [0.05, 0.1) is 11.4 Å². The molecule has 3 aromatic rings. The van der Waals surface area contributed by atoms with Crippen molar-refractivity contribution in [3.8, 4) is 0 Å². The van der Waals surface area contributed by atoms with Crippen molar-refractivity contribution in [1.29, 1.82) is 0 Å². The van der Waals surface area contributed by atoms with Crippen LogP contribution in [0.5, 0.6) is 0 Å². The number of carbonyl (C=O) groups excluding carboxylic acids is 2. The zero-order valence-electron chi connectivity index (χ0n) is 17.6. The second kappa shape index (κ2) is 9.13. The molecule has 0 aliphatic heterocycles. The Morgan fingerprint density at radius 2 is 0.933 bits per heavy atom. The van der Waals surface area contributed by atoms with Crippen molar-refractivity contribution in [2.45, 2.75) is 13.8 Å². The van der Waals surface area contributed by atoms with Crippen LogP contribution in [0.1, 0.15) is 13.8 Å². The summed E-state index contributed by atoms with van der Waals surface area (Å²) in [6.07, 6.45) is 0. The van der Waals surface area contributed by atoms with Crippen LogP contribution in [-0.4, -0.2) is 25.9 Å². The smallest absolute Gasteiger partial charge is 0.223 e. The monoisotopic (exact) mass is 402 g/mol. The Bertz CT molecular complexity index is 945. The van der Waals surface area contributed by atoms with E-state index in [0.29, 0.717) is 0 Å². The lowest BCUT2D eigenvalue weighted by Crippen LogP contribution is -2.22. The number of nitrogens with zero attached hydrogens (tertiary/aromatic N) is 2. The van der Waals surface area contributed by atoms with E-state index in [2.05, 4.69) is 10.6 Å². The highest BCUT2D eigenvalue weighted by Crippen LogP contribution is 2.29. The SMILES string of the molecule is CC(=O)N(C)c1ccc(Nc2ccccc2Nc2ccc(N(C)C(C)=O)cc2)cc1. The predicted octanol–water partition coefficient (Wildman–Crippen LogP) is 5.14. The Morgan fingerprint density at radius 1 is 0.600 bits per heavy atom. The Labute approximate surface area is 177 Å². The third-order valence-corrected chi connectivity index (χ3v) is 4.94. The molecule has 6 nitrogen and oxygen atoms in total. The maximum Gasteiger partial charge on any atom is 0.223 e. The first-order chi connectivity index (χ1) is 14.3. The van der Waals surface area contributed by atoms with Gasteiger partial charge in [-0.2, -0.15) is 0 Å². The van der Waals surface area contributed by atoms with Gasteiger partial charge in [-0.1, -0.05) is 12.1 Å². The summed E-state index contributed by atoms with van der Waals surface area (Å²) in [4.78, 5) is 26.2. The molecule has 0 aromatic heterocycles. The summed E-state index contributed by atoms with van der Waals surface area (Å²) in [5.41, 5.74) is 5.38. The second-order valence-corrected chi connectivity index (χ2v) is 7.05. The van der Waals surface area contributed by atoms with Crippen LogP contribution in [0, 0.1) is 0 Å². The fourth-order valence-electron chi connectivity index (χ4n) is 2.91. The topological polar surface area (TPSA) is 64.7 Å². The first-order valence-electron chi connectivity index (χ1n) is 9.67. The van der Waals surface area contributed by atoms with Crippen LogP contribution >= 0.6 is 0 Å². The largest absolute Gasteiger partial charge is 0.354 e. The molecule has 0 aliphatic rings. The molecule has 0 unspecified atom stereocenters. The van der Waals surface area contributed by atoms with Crippen molar-refractivity contribution in [2.75, 3.05) is 34.5 Å². The minimum Gasteiger partial charge on any atom is -0.354 e. The molecule has 0 heterocycles. The van der Waals surface area contributed by atoms with E-state index in [1.165, 1.54) is 0 Å². The molecule has 0 saturated carbocycles. The van der Waals surface area contributed by atoms with Crippen LogP contribution in [0.2, 0.25) is 0 Å². The second-order valence-electron chi connectivity index (χ2n) is 7.05.